The van der Waals surface area contributed by atoms with Crippen molar-refractivity contribution in [1.82, 2.24) is 14.7 Å². The molecule has 2 heterocycles. The highest BCUT2D eigenvalue weighted by molar-refractivity contribution is 4.80. The van der Waals surface area contributed by atoms with Crippen molar-refractivity contribution in [2.24, 2.45) is 11.8 Å². The summed E-state index contributed by atoms with van der Waals surface area (Å²) in [5.41, 5.74) is 0. The molecule has 1 aliphatic carbocycles. The average molecular weight is 265 g/mol. The summed E-state index contributed by atoms with van der Waals surface area (Å²) in [6, 6.07) is 0. The van der Waals surface area contributed by atoms with Crippen molar-refractivity contribution in [1.29, 1.82) is 0 Å². The minimum Gasteiger partial charge on any atom is -0.304 e. The molecule has 0 unspecified atom stereocenters. The number of hydrogen-bond donors (Lipinski definition) is 0. The van der Waals surface area contributed by atoms with Gasteiger partial charge in [-0.3, -0.25) is 0 Å². The summed E-state index contributed by atoms with van der Waals surface area (Å²) in [6.07, 6.45) is 7.38. The molecule has 3 aliphatic rings. The molecule has 110 valence electrons. The first-order chi connectivity index (χ1) is 9.29. The van der Waals surface area contributed by atoms with Crippen LogP contribution in [-0.2, 0) is 0 Å². The van der Waals surface area contributed by atoms with Crippen LogP contribution in [0.2, 0.25) is 0 Å². The zero-order valence-corrected chi connectivity index (χ0v) is 12.7. The molecule has 0 amide bonds. The topological polar surface area (TPSA) is 9.72 Å². The Balaban J connectivity index is 1.33. The van der Waals surface area contributed by atoms with Crippen LogP contribution < -0.4 is 0 Å². The van der Waals surface area contributed by atoms with E-state index >= 15 is 0 Å². The van der Waals surface area contributed by atoms with Gasteiger partial charge in [0.15, 0.2) is 0 Å². The van der Waals surface area contributed by atoms with Gasteiger partial charge in [0.2, 0.25) is 0 Å². The normalized spacial score (nSPS) is 29.5. The van der Waals surface area contributed by atoms with Crippen molar-refractivity contribution in [3.05, 3.63) is 0 Å². The molecule has 0 aromatic heterocycles. The highest BCUT2D eigenvalue weighted by atomic mass is 15.2. The molecule has 19 heavy (non-hydrogen) atoms. The molecule has 0 N–H and O–H groups in total. The summed E-state index contributed by atoms with van der Waals surface area (Å²) in [6.45, 7) is 10.6. The van der Waals surface area contributed by atoms with E-state index in [1.54, 1.807) is 0 Å². The van der Waals surface area contributed by atoms with Gasteiger partial charge < -0.3 is 14.7 Å². The Hall–Kier alpha value is -0.120. The lowest BCUT2D eigenvalue weighted by molar-refractivity contribution is 0.0921. The fourth-order valence-electron chi connectivity index (χ4n) is 3.79. The van der Waals surface area contributed by atoms with Crippen LogP contribution >= 0.6 is 0 Å². The molecule has 1 saturated carbocycles. The van der Waals surface area contributed by atoms with Crippen LogP contribution in [0.5, 0.6) is 0 Å². The van der Waals surface area contributed by atoms with Crippen LogP contribution in [0.1, 0.15) is 32.1 Å². The fraction of sp³-hybridized carbons (Fsp3) is 1.00. The second-order valence-electron chi connectivity index (χ2n) is 7.14. The molecule has 2 aliphatic heterocycles. The molecule has 0 spiro atoms. The second kappa shape index (κ2) is 6.55. The van der Waals surface area contributed by atoms with Crippen LogP contribution in [0.15, 0.2) is 0 Å². The number of rotatable bonds is 4. The number of likely N-dealkylation sites (tertiary alicyclic amines) is 1. The maximum Gasteiger partial charge on any atom is 0.0110 e. The summed E-state index contributed by atoms with van der Waals surface area (Å²) in [7, 11) is 2.25. The molecular weight excluding hydrogens is 234 g/mol. The predicted molar refractivity (Wildman–Crippen MR) is 80.4 cm³/mol. The Morgan fingerprint density at radius 3 is 1.74 bits per heavy atom. The van der Waals surface area contributed by atoms with E-state index < -0.39 is 0 Å². The fourth-order valence-corrected chi connectivity index (χ4v) is 3.79. The van der Waals surface area contributed by atoms with Crippen molar-refractivity contribution >= 4 is 0 Å². The Bertz CT molecular complexity index is 261. The molecule has 2 saturated heterocycles. The highest BCUT2D eigenvalue weighted by Crippen LogP contribution is 2.29. The SMILES string of the molecule is CN1CCN(CC2CCN(CC3CCC3)CC2)CC1. The summed E-state index contributed by atoms with van der Waals surface area (Å²) in [5.74, 6) is 2.02. The van der Waals surface area contributed by atoms with E-state index in [9.17, 15) is 0 Å². The molecule has 0 atom stereocenters. The summed E-state index contributed by atoms with van der Waals surface area (Å²) >= 11 is 0. The molecule has 0 bridgehead atoms. The number of piperazine rings is 1. The van der Waals surface area contributed by atoms with E-state index in [-0.39, 0.29) is 0 Å². The molecule has 3 rings (SSSR count). The Morgan fingerprint density at radius 1 is 0.684 bits per heavy atom. The van der Waals surface area contributed by atoms with Gasteiger partial charge in [0, 0.05) is 39.3 Å². The predicted octanol–water partition coefficient (Wildman–Crippen LogP) is 1.75. The molecule has 3 nitrogen and oxygen atoms in total. The van der Waals surface area contributed by atoms with Crippen molar-refractivity contribution in [2.75, 3.05) is 59.4 Å². The number of piperidine rings is 1. The molecule has 0 radical (unpaired) electrons. The number of nitrogens with zero attached hydrogens (tertiary/aromatic N) is 3. The summed E-state index contributed by atoms with van der Waals surface area (Å²) in [5, 5.41) is 0. The lowest BCUT2D eigenvalue weighted by atomic mass is 9.84. The summed E-state index contributed by atoms with van der Waals surface area (Å²) < 4.78 is 0. The average Bonchev–Trinajstić information content (AvgIpc) is 2.38. The first-order valence-corrected chi connectivity index (χ1v) is 8.43. The van der Waals surface area contributed by atoms with E-state index in [2.05, 4.69) is 21.7 Å². The Kier molecular flexibility index (Phi) is 4.78. The van der Waals surface area contributed by atoms with Crippen molar-refractivity contribution in [2.45, 2.75) is 32.1 Å². The third-order valence-electron chi connectivity index (χ3n) is 5.56. The lowest BCUT2D eigenvalue weighted by Crippen LogP contribution is -2.47. The van der Waals surface area contributed by atoms with Crippen LogP contribution in [0.25, 0.3) is 0 Å². The van der Waals surface area contributed by atoms with Crippen LogP contribution in [0.3, 0.4) is 0 Å². The van der Waals surface area contributed by atoms with Crippen molar-refractivity contribution in [3.8, 4) is 0 Å². The minimum atomic E-state index is 0.973. The van der Waals surface area contributed by atoms with Gasteiger partial charge in [-0.1, -0.05) is 6.42 Å². The first-order valence-electron chi connectivity index (χ1n) is 8.43. The van der Waals surface area contributed by atoms with Gasteiger partial charge in [-0.25, -0.2) is 0 Å². The van der Waals surface area contributed by atoms with Crippen LogP contribution in [0, 0.1) is 11.8 Å². The van der Waals surface area contributed by atoms with Gasteiger partial charge in [-0.05, 0) is 57.7 Å². The largest absolute Gasteiger partial charge is 0.304 e. The number of hydrogen-bond acceptors (Lipinski definition) is 3. The van der Waals surface area contributed by atoms with Gasteiger partial charge in [0.05, 0.1) is 0 Å². The van der Waals surface area contributed by atoms with E-state index in [1.165, 1.54) is 84.5 Å². The van der Waals surface area contributed by atoms with Crippen LogP contribution in [-0.4, -0.2) is 74.1 Å². The lowest BCUT2D eigenvalue weighted by Gasteiger charge is -2.39. The molecule has 0 aromatic carbocycles. The van der Waals surface area contributed by atoms with E-state index in [0.29, 0.717) is 0 Å². The molecule has 3 fully saturated rings. The minimum absolute atomic E-state index is 0.973. The van der Waals surface area contributed by atoms with Gasteiger partial charge in [-0.2, -0.15) is 0 Å². The standard InChI is InChI=1S/C16H31N3/c1-17-9-11-19(12-10-17)14-16-5-7-18(8-6-16)13-15-3-2-4-15/h15-16H,2-14H2,1H3. The van der Waals surface area contributed by atoms with Gasteiger partial charge in [0.25, 0.3) is 0 Å². The Labute approximate surface area is 118 Å². The molecular formula is C16H31N3. The van der Waals surface area contributed by atoms with Crippen LogP contribution in [0.4, 0.5) is 0 Å². The van der Waals surface area contributed by atoms with Crippen molar-refractivity contribution in [3.63, 3.8) is 0 Å². The van der Waals surface area contributed by atoms with Gasteiger partial charge in [-0.15, -0.1) is 0 Å². The summed E-state index contributed by atoms with van der Waals surface area (Å²) in [4.78, 5) is 7.90. The zero-order chi connectivity index (χ0) is 13.1. The van der Waals surface area contributed by atoms with E-state index in [4.69, 9.17) is 0 Å². The maximum absolute atomic E-state index is 2.74. The van der Waals surface area contributed by atoms with Gasteiger partial charge in [0.1, 0.15) is 0 Å². The monoisotopic (exact) mass is 265 g/mol. The third-order valence-corrected chi connectivity index (χ3v) is 5.56. The smallest absolute Gasteiger partial charge is 0.0110 e. The maximum atomic E-state index is 2.74. The second-order valence-corrected chi connectivity index (χ2v) is 7.14. The highest BCUT2D eigenvalue weighted by Gasteiger charge is 2.26. The molecule has 0 aromatic rings. The van der Waals surface area contributed by atoms with Crippen molar-refractivity contribution < 1.29 is 0 Å². The quantitative estimate of drug-likeness (QED) is 0.767. The van der Waals surface area contributed by atoms with E-state index in [1.807, 2.05) is 0 Å². The number of likely N-dealkylation sites (N-methyl/N-ethyl adjacent to an activating group) is 1. The van der Waals surface area contributed by atoms with Gasteiger partial charge >= 0.3 is 0 Å². The van der Waals surface area contributed by atoms with E-state index in [0.717, 1.165) is 11.8 Å². The first kappa shape index (κ1) is 13.8. The third kappa shape index (κ3) is 3.93. The Morgan fingerprint density at radius 2 is 1.21 bits per heavy atom. The zero-order valence-electron chi connectivity index (χ0n) is 12.7. The molecule has 3 heteroatoms.